The summed E-state index contributed by atoms with van der Waals surface area (Å²) < 4.78 is 45.9. The standard InChI is InChI=1S/C14H11F3O5/c1-21-12(19)10(11(18)13(20)22-2)7-8-3-5-9(6-4-8)14(15,16)17/h3-7H,1-2H3/b10-7+. The average Bonchev–Trinajstić information content (AvgIpc) is 2.49. The Hall–Kier alpha value is -2.64. The van der Waals surface area contributed by atoms with Gasteiger partial charge in [-0.05, 0) is 23.8 Å². The number of benzene rings is 1. The molecule has 1 aromatic rings. The van der Waals surface area contributed by atoms with Crippen molar-refractivity contribution in [2.45, 2.75) is 6.18 Å². The van der Waals surface area contributed by atoms with E-state index in [9.17, 15) is 27.6 Å². The number of rotatable bonds is 4. The van der Waals surface area contributed by atoms with Gasteiger partial charge >= 0.3 is 18.1 Å². The Morgan fingerprint density at radius 3 is 1.86 bits per heavy atom. The molecule has 0 aromatic heterocycles. The van der Waals surface area contributed by atoms with Crippen LogP contribution in [0, 0.1) is 0 Å². The number of carbonyl (C=O) groups is 3. The molecule has 1 aromatic carbocycles. The van der Waals surface area contributed by atoms with Crippen LogP contribution in [0.3, 0.4) is 0 Å². The zero-order valence-electron chi connectivity index (χ0n) is 11.6. The molecule has 0 bridgehead atoms. The van der Waals surface area contributed by atoms with Crippen LogP contribution in [-0.4, -0.2) is 31.9 Å². The predicted molar refractivity (Wildman–Crippen MR) is 68.5 cm³/mol. The summed E-state index contributed by atoms with van der Waals surface area (Å²) in [5.74, 6) is -3.65. The van der Waals surface area contributed by atoms with Crippen molar-refractivity contribution in [2.24, 2.45) is 0 Å². The number of halogens is 3. The lowest BCUT2D eigenvalue weighted by Gasteiger charge is -2.07. The summed E-state index contributed by atoms with van der Waals surface area (Å²) in [7, 11) is 1.95. The summed E-state index contributed by atoms with van der Waals surface area (Å²) in [6, 6.07) is 3.67. The molecule has 5 nitrogen and oxygen atoms in total. The quantitative estimate of drug-likeness (QED) is 0.279. The van der Waals surface area contributed by atoms with Gasteiger partial charge in [-0.2, -0.15) is 13.2 Å². The van der Waals surface area contributed by atoms with E-state index < -0.39 is 35.0 Å². The van der Waals surface area contributed by atoms with Crippen LogP contribution in [0.2, 0.25) is 0 Å². The van der Waals surface area contributed by atoms with E-state index in [-0.39, 0.29) is 5.56 Å². The maximum Gasteiger partial charge on any atom is 0.416 e. The minimum Gasteiger partial charge on any atom is -0.465 e. The molecule has 0 saturated heterocycles. The maximum absolute atomic E-state index is 12.4. The summed E-state index contributed by atoms with van der Waals surface area (Å²) >= 11 is 0. The Morgan fingerprint density at radius 2 is 1.45 bits per heavy atom. The number of methoxy groups -OCH3 is 2. The fraction of sp³-hybridized carbons (Fsp3) is 0.214. The van der Waals surface area contributed by atoms with Gasteiger partial charge < -0.3 is 9.47 Å². The van der Waals surface area contributed by atoms with E-state index in [0.29, 0.717) is 0 Å². The van der Waals surface area contributed by atoms with Crippen LogP contribution in [0.25, 0.3) is 6.08 Å². The van der Waals surface area contributed by atoms with Gasteiger partial charge in [0.1, 0.15) is 5.57 Å². The van der Waals surface area contributed by atoms with E-state index in [2.05, 4.69) is 9.47 Å². The Labute approximate surface area is 123 Å². The molecule has 22 heavy (non-hydrogen) atoms. The van der Waals surface area contributed by atoms with Gasteiger partial charge in [-0.15, -0.1) is 0 Å². The monoisotopic (exact) mass is 316 g/mol. The predicted octanol–water partition coefficient (Wildman–Crippen LogP) is 2.00. The zero-order chi connectivity index (χ0) is 16.9. The summed E-state index contributed by atoms with van der Waals surface area (Å²) in [5.41, 5.74) is -1.41. The van der Waals surface area contributed by atoms with Crippen molar-refractivity contribution in [3.8, 4) is 0 Å². The molecule has 1 rings (SSSR count). The molecule has 0 radical (unpaired) electrons. The van der Waals surface area contributed by atoms with Crippen molar-refractivity contribution in [3.63, 3.8) is 0 Å². The van der Waals surface area contributed by atoms with Gasteiger partial charge in [0.15, 0.2) is 0 Å². The summed E-state index contributed by atoms with van der Waals surface area (Å²) in [4.78, 5) is 34.4. The lowest BCUT2D eigenvalue weighted by atomic mass is 10.1. The highest BCUT2D eigenvalue weighted by Crippen LogP contribution is 2.29. The number of alkyl halides is 3. The van der Waals surface area contributed by atoms with Gasteiger partial charge in [-0.1, -0.05) is 12.1 Å². The molecule has 0 unspecified atom stereocenters. The van der Waals surface area contributed by atoms with Gasteiger partial charge in [0.25, 0.3) is 5.78 Å². The second-order valence-corrected chi connectivity index (χ2v) is 3.99. The van der Waals surface area contributed by atoms with Crippen molar-refractivity contribution >= 4 is 23.8 Å². The number of hydrogen-bond donors (Lipinski definition) is 0. The number of Topliss-reactive ketones (excluding diaryl/α,β-unsaturated/α-hetero) is 1. The first-order chi connectivity index (χ1) is 10.2. The lowest BCUT2D eigenvalue weighted by Crippen LogP contribution is -2.23. The molecule has 0 atom stereocenters. The van der Waals surface area contributed by atoms with Crippen LogP contribution >= 0.6 is 0 Å². The van der Waals surface area contributed by atoms with Crippen molar-refractivity contribution < 1.29 is 37.0 Å². The molecule has 0 aliphatic carbocycles. The molecule has 0 fully saturated rings. The van der Waals surface area contributed by atoms with Gasteiger partial charge in [0.05, 0.1) is 19.8 Å². The Kier molecular flexibility index (Phi) is 5.44. The highest BCUT2D eigenvalue weighted by Gasteiger charge is 2.30. The molecular weight excluding hydrogens is 305 g/mol. The van der Waals surface area contributed by atoms with Crippen molar-refractivity contribution in [1.29, 1.82) is 0 Å². The number of hydrogen-bond acceptors (Lipinski definition) is 5. The second kappa shape index (κ2) is 6.88. The Morgan fingerprint density at radius 1 is 0.955 bits per heavy atom. The SMILES string of the molecule is COC(=O)C(=O)/C(=C\c1ccc(C(F)(F)F)cc1)C(=O)OC. The molecule has 0 aliphatic heterocycles. The lowest BCUT2D eigenvalue weighted by molar-refractivity contribution is -0.151. The van der Waals surface area contributed by atoms with Crippen LogP contribution in [0.4, 0.5) is 13.2 Å². The van der Waals surface area contributed by atoms with Gasteiger partial charge in [0, 0.05) is 0 Å². The van der Waals surface area contributed by atoms with E-state index >= 15 is 0 Å². The largest absolute Gasteiger partial charge is 0.465 e. The average molecular weight is 316 g/mol. The summed E-state index contributed by atoms with van der Waals surface area (Å²) in [5, 5.41) is 0. The molecule has 0 spiro atoms. The maximum atomic E-state index is 12.4. The Balaban J connectivity index is 3.20. The molecule has 8 heteroatoms. The number of ketones is 1. The van der Waals surface area contributed by atoms with E-state index in [0.717, 1.165) is 44.6 Å². The first-order valence-corrected chi connectivity index (χ1v) is 5.80. The van der Waals surface area contributed by atoms with E-state index in [4.69, 9.17) is 0 Å². The van der Waals surface area contributed by atoms with E-state index in [1.807, 2.05) is 0 Å². The normalized spacial score (nSPS) is 11.8. The highest BCUT2D eigenvalue weighted by molar-refractivity contribution is 6.47. The molecule has 118 valence electrons. The van der Waals surface area contributed by atoms with Gasteiger partial charge in [-0.25, -0.2) is 9.59 Å². The van der Waals surface area contributed by atoms with Crippen LogP contribution in [0.15, 0.2) is 29.8 Å². The molecule has 0 heterocycles. The molecule has 0 aliphatic rings. The molecule has 0 saturated carbocycles. The van der Waals surface area contributed by atoms with Gasteiger partial charge in [0.2, 0.25) is 0 Å². The topological polar surface area (TPSA) is 69.7 Å². The summed E-state index contributed by atoms with van der Waals surface area (Å²) in [6.07, 6.45) is -3.56. The summed E-state index contributed by atoms with van der Waals surface area (Å²) in [6.45, 7) is 0. The molecular formula is C14H11F3O5. The molecule has 0 amide bonds. The fourth-order valence-electron chi connectivity index (χ4n) is 1.46. The van der Waals surface area contributed by atoms with Crippen LogP contribution in [0.5, 0.6) is 0 Å². The van der Waals surface area contributed by atoms with Crippen LogP contribution in [0.1, 0.15) is 11.1 Å². The van der Waals surface area contributed by atoms with Crippen molar-refractivity contribution in [2.75, 3.05) is 14.2 Å². The number of esters is 2. The number of ether oxygens (including phenoxy) is 2. The third-order valence-corrected chi connectivity index (χ3v) is 2.57. The Bertz CT molecular complexity index is 614. The molecule has 0 N–H and O–H groups in total. The van der Waals surface area contributed by atoms with E-state index in [1.54, 1.807) is 0 Å². The number of carbonyl (C=O) groups excluding carboxylic acids is 3. The van der Waals surface area contributed by atoms with Gasteiger partial charge in [-0.3, -0.25) is 4.79 Å². The van der Waals surface area contributed by atoms with Crippen molar-refractivity contribution in [3.05, 3.63) is 41.0 Å². The highest BCUT2D eigenvalue weighted by atomic mass is 19.4. The van der Waals surface area contributed by atoms with Crippen molar-refractivity contribution in [1.82, 2.24) is 0 Å². The van der Waals surface area contributed by atoms with E-state index in [1.165, 1.54) is 0 Å². The minimum atomic E-state index is -4.50. The van der Waals surface area contributed by atoms with Crippen LogP contribution in [-0.2, 0) is 30.0 Å². The first-order valence-electron chi connectivity index (χ1n) is 5.80. The zero-order valence-corrected chi connectivity index (χ0v) is 11.6. The smallest absolute Gasteiger partial charge is 0.416 e. The third kappa shape index (κ3) is 4.18. The third-order valence-electron chi connectivity index (χ3n) is 2.57. The minimum absolute atomic E-state index is 0.116. The fourth-order valence-corrected chi connectivity index (χ4v) is 1.46. The first kappa shape index (κ1) is 17.4. The second-order valence-electron chi connectivity index (χ2n) is 3.99. The van der Waals surface area contributed by atoms with Crippen LogP contribution < -0.4 is 0 Å².